The first-order valence-corrected chi connectivity index (χ1v) is 5.14. The normalized spacial score (nSPS) is 12.9. The number of halogens is 4. The minimum absolute atomic E-state index is 0.273. The summed E-state index contributed by atoms with van der Waals surface area (Å²) in [5, 5.41) is -1.79. The van der Waals surface area contributed by atoms with Crippen molar-refractivity contribution in [2.45, 2.75) is 11.2 Å². The quantitative estimate of drug-likeness (QED) is 0.785. The summed E-state index contributed by atoms with van der Waals surface area (Å²) in [5.74, 6) is 0. The maximum Gasteiger partial charge on any atom is 0.417 e. The van der Waals surface area contributed by atoms with Crippen molar-refractivity contribution in [2.75, 3.05) is 0 Å². The number of hydrogen-bond acceptors (Lipinski definition) is 3. The zero-order valence-corrected chi connectivity index (χ0v) is 8.36. The molecule has 1 aromatic rings. The first-order valence-electron chi connectivity index (χ1n) is 3.32. The SMILES string of the molecule is O=S(=O)(O)c1ncc(C(F)(F)F)cc1Cl. The van der Waals surface area contributed by atoms with Crippen molar-refractivity contribution in [3.8, 4) is 0 Å². The van der Waals surface area contributed by atoms with E-state index in [0.29, 0.717) is 6.07 Å². The Balaban J connectivity index is 3.34. The average Bonchev–Trinajstić information content (AvgIpc) is 1.99. The second kappa shape index (κ2) is 3.62. The Morgan fingerprint density at radius 2 is 1.93 bits per heavy atom. The van der Waals surface area contributed by atoms with Gasteiger partial charge in [0.05, 0.1) is 10.6 Å². The molecule has 1 aromatic heterocycles. The monoisotopic (exact) mass is 261 g/mol. The van der Waals surface area contributed by atoms with Gasteiger partial charge >= 0.3 is 16.3 Å². The van der Waals surface area contributed by atoms with E-state index in [9.17, 15) is 21.6 Å². The van der Waals surface area contributed by atoms with Crippen molar-refractivity contribution in [1.82, 2.24) is 4.98 Å². The molecule has 0 fully saturated rings. The first-order chi connectivity index (χ1) is 6.62. The van der Waals surface area contributed by atoms with Gasteiger partial charge < -0.3 is 0 Å². The summed E-state index contributed by atoms with van der Waals surface area (Å²) in [6.45, 7) is 0. The second-order valence-corrected chi connectivity index (χ2v) is 4.23. The van der Waals surface area contributed by atoms with Crippen molar-refractivity contribution >= 4 is 21.7 Å². The molecule has 9 heteroatoms. The van der Waals surface area contributed by atoms with Crippen LogP contribution in [0.1, 0.15) is 5.56 Å². The lowest BCUT2D eigenvalue weighted by atomic mass is 10.3. The van der Waals surface area contributed by atoms with Gasteiger partial charge in [-0.15, -0.1) is 0 Å². The van der Waals surface area contributed by atoms with Crippen LogP contribution in [0.5, 0.6) is 0 Å². The van der Waals surface area contributed by atoms with Crippen LogP contribution in [-0.2, 0) is 16.3 Å². The number of rotatable bonds is 1. The van der Waals surface area contributed by atoms with E-state index >= 15 is 0 Å². The third kappa shape index (κ3) is 2.80. The van der Waals surface area contributed by atoms with Gasteiger partial charge in [0, 0.05) is 6.20 Å². The molecular formula is C6H3ClF3NO3S. The summed E-state index contributed by atoms with van der Waals surface area (Å²) in [4.78, 5) is 2.93. The van der Waals surface area contributed by atoms with E-state index in [1.807, 2.05) is 0 Å². The van der Waals surface area contributed by atoms with Crippen LogP contribution in [0, 0.1) is 0 Å². The van der Waals surface area contributed by atoms with E-state index in [1.54, 1.807) is 0 Å². The molecule has 0 radical (unpaired) electrons. The highest BCUT2D eigenvalue weighted by Crippen LogP contribution is 2.31. The molecule has 0 atom stereocenters. The largest absolute Gasteiger partial charge is 0.417 e. The molecule has 0 aromatic carbocycles. The van der Waals surface area contributed by atoms with Gasteiger partial charge in [-0.1, -0.05) is 11.6 Å². The Morgan fingerprint density at radius 1 is 1.40 bits per heavy atom. The summed E-state index contributed by atoms with van der Waals surface area (Å²) in [6, 6.07) is 0.373. The van der Waals surface area contributed by atoms with Crippen molar-refractivity contribution < 1.29 is 26.1 Å². The molecule has 0 bridgehead atoms. The number of aromatic nitrogens is 1. The fourth-order valence-electron chi connectivity index (χ4n) is 0.770. The van der Waals surface area contributed by atoms with Crippen LogP contribution in [0.2, 0.25) is 5.02 Å². The minimum atomic E-state index is -4.71. The number of pyridine rings is 1. The molecule has 0 aliphatic heterocycles. The van der Waals surface area contributed by atoms with Gasteiger partial charge in [-0.05, 0) is 6.07 Å². The molecule has 0 aliphatic carbocycles. The van der Waals surface area contributed by atoms with Crippen LogP contribution >= 0.6 is 11.6 Å². The lowest BCUT2D eigenvalue weighted by molar-refractivity contribution is -0.137. The minimum Gasteiger partial charge on any atom is -0.281 e. The average molecular weight is 262 g/mol. The van der Waals surface area contributed by atoms with Crippen molar-refractivity contribution in [3.63, 3.8) is 0 Å². The molecule has 1 rings (SSSR count). The molecule has 0 aliphatic rings. The maximum absolute atomic E-state index is 12.1. The van der Waals surface area contributed by atoms with Crippen LogP contribution in [0.15, 0.2) is 17.3 Å². The summed E-state index contributed by atoms with van der Waals surface area (Å²) in [5.41, 5.74) is -1.19. The maximum atomic E-state index is 12.1. The molecule has 1 N–H and O–H groups in total. The Morgan fingerprint density at radius 3 is 2.27 bits per heavy atom. The zero-order valence-electron chi connectivity index (χ0n) is 6.79. The highest BCUT2D eigenvalue weighted by Gasteiger charge is 2.32. The fraction of sp³-hybridized carbons (Fsp3) is 0.167. The molecule has 15 heavy (non-hydrogen) atoms. The van der Waals surface area contributed by atoms with Gasteiger partial charge in [-0.2, -0.15) is 21.6 Å². The fourth-order valence-corrected chi connectivity index (χ4v) is 1.72. The third-order valence-corrected chi connectivity index (χ3v) is 2.59. The topological polar surface area (TPSA) is 67.3 Å². The van der Waals surface area contributed by atoms with Crippen molar-refractivity contribution in [3.05, 3.63) is 22.8 Å². The molecule has 0 spiro atoms. The molecule has 0 unspecified atom stereocenters. The highest BCUT2D eigenvalue weighted by molar-refractivity contribution is 7.85. The molecule has 0 saturated carbocycles. The summed E-state index contributed by atoms with van der Waals surface area (Å²) in [7, 11) is -4.71. The lowest BCUT2D eigenvalue weighted by Gasteiger charge is -2.07. The number of hydrogen-bond donors (Lipinski definition) is 1. The van der Waals surface area contributed by atoms with Gasteiger partial charge in [-0.25, -0.2) is 4.98 Å². The first kappa shape index (κ1) is 12.2. The summed E-state index contributed by atoms with van der Waals surface area (Å²) in [6.07, 6.45) is -4.40. The van der Waals surface area contributed by atoms with E-state index < -0.39 is 31.9 Å². The number of alkyl halides is 3. The molecule has 0 amide bonds. The third-order valence-electron chi connectivity index (χ3n) is 1.38. The van der Waals surface area contributed by atoms with Crippen LogP contribution < -0.4 is 0 Å². The molecule has 0 saturated heterocycles. The predicted molar refractivity (Wildman–Crippen MR) is 44.1 cm³/mol. The van der Waals surface area contributed by atoms with Gasteiger partial charge in [0.25, 0.3) is 0 Å². The molecular weight excluding hydrogens is 259 g/mol. The van der Waals surface area contributed by atoms with Gasteiger partial charge in [0.1, 0.15) is 0 Å². The van der Waals surface area contributed by atoms with E-state index in [4.69, 9.17) is 16.2 Å². The molecule has 84 valence electrons. The predicted octanol–water partition coefficient (Wildman–Crippen LogP) is 2.00. The Kier molecular flexibility index (Phi) is 2.94. The summed E-state index contributed by atoms with van der Waals surface area (Å²) >= 11 is 5.22. The highest BCUT2D eigenvalue weighted by atomic mass is 35.5. The van der Waals surface area contributed by atoms with Crippen molar-refractivity contribution in [1.29, 1.82) is 0 Å². The van der Waals surface area contributed by atoms with E-state index in [1.165, 1.54) is 0 Å². The van der Waals surface area contributed by atoms with Crippen molar-refractivity contribution in [2.24, 2.45) is 0 Å². The molecule has 1 heterocycles. The van der Waals surface area contributed by atoms with E-state index in [0.717, 1.165) is 0 Å². The van der Waals surface area contributed by atoms with Crippen LogP contribution in [0.4, 0.5) is 13.2 Å². The standard InChI is InChI=1S/C6H3ClF3NO3S/c7-4-1-3(6(8,9)10)2-11-5(4)15(12,13)14/h1-2H,(H,12,13,14). The van der Waals surface area contributed by atoms with E-state index in [-0.39, 0.29) is 6.20 Å². The number of nitrogens with zero attached hydrogens (tertiary/aromatic N) is 1. The second-order valence-electron chi connectivity index (χ2n) is 2.48. The van der Waals surface area contributed by atoms with Gasteiger partial charge in [0.2, 0.25) is 5.03 Å². The Hall–Kier alpha value is -0.860. The zero-order chi connectivity index (χ0) is 11.9. The van der Waals surface area contributed by atoms with Crippen LogP contribution in [-0.4, -0.2) is 18.0 Å². The Labute approximate surface area is 87.4 Å². The molecule has 4 nitrogen and oxygen atoms in total. The van der Waals surface area contributed by atoms with Crippen LogP contribution in [0.25, 0.3) is 0 Å². The smallest absolute Gasteiger partial charge is 0.281 e. The lowest BCUT2D eigenvalue weighted by Crippen LogP contribution is -2.09. The van der Waals surface area contributed by atoms with Gasteiger partial charge in [-0.3, -0.25) is 4.55 Å². The Bertz CT molecular complexity index is 485. The van der Waals surface area contributed by atoms with Crippen LogP contribution in [0.3, 0.4) is 0 Å². The van der Waals surface area contributed by atoms with Gasteiger partial charge in [0.15, 0.2) is 0 Å². The summed E-state index contributed by atoms with van der Waals surface area (Å²) < 4.78 is 65.8. The van der Waals surface area contributed by atoms with E-state index in [2.05, 4.69) is 4.98 Å².